The maximum atomic E-state index is 14.0. The molecule has 0 amide bonds. The quantitative estimate of drug-likeness (QED) is 0.467. The summed E-state index contributed by atoms with van der Waals surface area (Å²) >= 11 is 7.68. The van der Waals surface area contributed by atoms with Crippen molar-refractivity contribution >= 4 is 55.8 Å². The molecule has 0 aliphatic carbocycles. The molecule has 2 aromatic carbocycles. The number of nitrogens with zero attached hydrogens (tertiary/aromatic N) is 2. The van der Waals surface area contributed by atoms with Crippen molar-refractivity contribution in [3.05, 3.63) is 58.1 Å². The number of rotatable bonds is 7. The van der Waals surface area contributed by atoms with E-state index in [1.54, 1.807) is 17.5 Å². The SMILES string of the molecule is CNC1CCN(c2cc(F)ccc2Nc2ccc(S(=O)(=O)Nc3cscn3)cc2Cl)C1. The molecule has 164 valence electrons. The number of halogens is 2. The minimum absolute atomic E-state index is 0.0202. The first kappa shape index (κ1) is 21.8. The average Bonchev–Trinajstić information content (AvgIpc) is 3.42. The third-order valence-electron chi connectivity index (χ3n) is 5.09. The average molecular weight is 482 g/mol. The van der Waals surface area contributed by atoms with E-state index in [0.717, 1.165) is 25.2 Å². The molecule has 1 fully saturated rings. The minimum Gasteiger partial charge on any atom is -0.368 e. The summed E-state index contributed by atoms with van der Waals surface area (Å²) < 4.78 is 41.5. The van der Waals surface area contributed by atoms with Crippen LogP contribution in [-0.2, 0) is 10.0 Å². The molecule has 7 nitrogen and oxygen atoms in total. The molecule has 0 radical (unpaired) electrons. The van der Waals surface area contributed by atoms with E-state index in [4.69, 9.17) is 11.6 Å². The van der Waals surface area contributed by atoms with Crippen LogP contribution in [0.15, 0.2) is 52.2 Å². The Kier molecular flexibility index (Phi) is 6.33. The van der Waals surface area contributed by atoms with Crippen molar-refractivity contribution in [2.45, 2.75) is 17.4 Å². The van der Waals surface area contributed by atoms with E-state index in [0.29, 0.717) is 17.4 Å². The number of benzene rings is 2. The summed E-state index contributed by atoms with van der Waals surface area (Å²) in [6.07, 6.45) is 0.964. The van der Waals surface area contributed by atoms with Gasteiger partial charge >= 0.3 is 0 Å². The zero-order chi connectivity index (χ0) is 22.0. The lowest BCUT2D eigenvalue weighted by molar-refractivity contribution is 0.601. The number of anilines is 4. The maximum Gasteiger partial charge on any atom is 0.263 e. The van der Waals surface area contributed by atoms with E-state index in [1.807, 2.05) is 7.05 Å². The minimum atomic E-state index is -3.81. The fraction of sp³-hybridized carbons (Fsp3) is 0.250. The number of aromatic nitrogens is 1. The normalized spacial score (nSPS) is 16.5. The van der Waals surface area contributed by atoms with Gasteiger partial charge in [0.2, 0.25) is 0 Å². The van der Waals surface area contributed by atoms with Gasteiger partial charge in [0.15, 0.2) is 5.82 Å². The molecule has 1 aliphatic rings. The Morgan fingerprint density at radius 2 is 2.03 bits per heavy atom. The lowest BCUT2D eigenvalue weighted by Gasteiger charge is -2.23. The first-order chi connectivity index (χ1) is 14.9. The Hall–Kier alpha value is -2.40. The van der Waals surface area contributed by atoms with E-state index in [1.165, 1.54) is 41.1 Å². The number of nitrogens with one attached hydrogen (secondary N) is 3. The van der Waals surface area contributed by atoms with Gasteiger partial charge < -0.3 is 15.5 Å². The maximum absolute atomic E-state index is 14.0. The Labute approximate surface area is 189 Å². The summed E-state index contributed by atoms with van der Waals surface area (Å²) in [6.45, 7) is 1.57. The van der Waals surface area contributed by atoms with Crippen molar-refractivity contribution in [2.24, 2.45) is 0 Å². The molecule has 3 aromatic rings. The van der Waals surface area contributed by atoms with Gasteiger partial charge in [0.05, 0.1) is 32.5 Å². The van der Waals surface area contributed by atoms with E-state index in [-0.39, 0.29) is 21.6 Å². The Morgan fingerprint density at radius 3 is 2.71 bits per heavy atom. The van der Waals surface area contributed by atoms with Crippen molar-refractivity contribution in [3.8, 4) is 0 Å². The highest BCUT2D eigenvalue weighted by Gasteiger charge is 2.24. The van der Waals surface area contributed by atoms with E-state index in [2.05, 4.69) is 25.2 Å². The van der Waals surface area contributed by atoms with Crippen molar-refractivity contribution in [3.63, 3.8) is 0 Å². The standard InChI is InChI=1S/C20H21ClFN5O2S2/c1-23-14-6-7-27(10-14)19-8-13(22)2-4-18(19)25-17-5-3-15(9-16(17)21)31(28,29)26-20-11-30-12-24-20/h2-5,8-9,11-12,14,23,25-26H,6-7,10H2,1H3. The van der Waals surface area contributed by atoms with Gasteiger partial charge in [-0.15, -0.1) is 11.3 Å². The largest absolute Gasteiger partial charge is 0.368 e. The number of hydrogen-bond acceptors (Lipinski definition) is 7. The summed E-state index contributed by atoms with van der Waals surface area (Å²) in [7, 11) is -1.90. The van der Waals surface area contributed by atoms with Crippen molar-refractivity contribution in [1.29, 1.82) is 0 Å². The molecular weight excluding hydrogens is 461 g/mol. The summed E-state index contributed by atoms with van der Waals surface area (Å²) in [5.74, 6) is -0.0705. The van der Waals surface area contributed by atoms with Gasteiger partial charge in [0.1, 0.15) is 5.82 Å². The number of sulfonamides is 1. The van der Waals surface area contributed by atoms with Gasteiger partial charge in [-0.25, -0.2) is 17.8 Å². The smallest absolute Gasteiger partial charge is 0.263 e. The zero-order valence-corrected chi connectivity index (χ0v) is 19.0. The van der Waals surface area contributed by atoms with Crippen LogP contribution in [0.25, 0.3) is 0 Å². The molecule has 11 heteroatoms. The molecule has 1 aromatic heterocycles. The van der Waals surface area contributed by atoms with Gasteiger partial charge in [-0.05, 0) is 49.9 Å². The van der Waals surface area contributed by atoms with Crippen LogP contribution in [0, 0.1) is 5.82 Å². The number of likely N-dealkylation sites (N-methyl/N-ethyl adjacent to an activating group) is 1. The van der Waals surface area contributed by atoms with Crippen LogP contribution in [0.5, 0.6) is 0 Å². The lowest BCUT2D eigenvalue weighted by atomic mass is 10.2. The van der Waals surface area contributed by atoms with Crippen LogP contribution < -0.4 is 20.3 Å². The van der Waals surface area contributed by atoms with Gasteiger partial charge in [-0.2, -0.15) is 0 Å². The van der Waals surface area contributed by atoms with Gasteiger partial charge in [0.25, 0.3) is 10.0 Å². The zero-order valence-electron chi connectivity index (χ0n) is 16.6. The van der Waals surface area contributed by atoms with Crippen LogP contribution in [0.1, 0.15) is 6.42 Å². The molecule has 1 saturated heterocycles. The van der Waals surface area contributed by atoms with Crippen molar-refractivity contribution in [2.75, 3.05) is 35.1 Å². The third kappa shape index (κ3) is 4.93. The Balaban J connectivity index is 1.58. The van der Waals surface area contributed by atoms with E-state index >= 15 is 0 Å². The molecule has 0 bridgehead atoms. The van der Waals surface area contributed by atoms with E-state index < -0.39 is 10.0 Å². The second kappa shape index (κ2) is 8.99. The highest BCUT2D eigenvalue weighted by molar-refractivity contribution is 7.92. The molecule has 4 rings (SSSR count). The second-order valence-electron chi connectivity index (χ2n) is 7.13. The second-order valence-corrected chi connectivity index (χ2v) is 9.94. The summed E-state index contributed by atoms with van der Waals surface area (Å²) in [5, 5.41) is 8.29. The number of hydrogen-bond donors (Lipinski definition) is 3. The number of thiazole rings is 1. The Morgan fingerprint density at radius 1 is 1.23 bits per heavy atom. The lowest BCUT2D eigenvalue weighted by Crippen LogP contribution is -2.29. The highest BCUT2D eigenvalue weighted by Crippen LogP contribution is 2.35. The molecule has 31 heavy (non-hydrogen) atoms. The van der Waals surface area contributed by atoms with E-state index in [9.17, 15) is 12.8 Å². The molecule has 1 atom stereocenters. The third-order valence-corrected chi connectivity index (χ3v) is 7.34. The predicted octanol–water partition coefficient (Wildman–Crippen LogP) is 4.28. The summed E-state index contributed by atoms with van der Waals surface area (Å²) in [6, 6.07) is 9.28. The highest BCUT2D eigenvalue weighted by atomic mass is 35.5. The predicted molar refractivity (Wildman–Crippen MR) is 124 cm³/mol. The topological polar surface area (TPSA) is 86.4 Å². The van der Waals surface area contributed by atoms with Gasteiger partial charge in [0, 0.05) is 24.5 Å². The molecule has 1 unspecified atom stereocenters. The van der Waals surface area contributed by atoms with Crippen molar-refractivity contribution < 1.29 is 12.8 Å². The summed E-state index contributed by atoms with van der Waals surface area (Å²) in [5.41, 5.74) is 3.48. The van der Waals surface area contributed by atoms with Gasteiger partial charge in [-0.1, -0.05) is 11.6 Å². The fourth-order valence-corrected chi connectivity index (χ4v) is 5.33. The van der Waals surface area contributed by atoms with Gasteiger partial charge in [-0.3, -0.25) is 4.72 Å². The molecular formula is C20H21ClFN5O2S2. The fourth-order valence-electron chi connectivity index (χ4n) is 3.46. The monoisotopic (exact) mass is 481 g/mol. The first-order valence-corrected chi connectivity index (χ1v) is 12.4. The molecule has 0 saturated carbocycles. The molecule has 0 spiro atoms. The van der Waals surface area contributed by atoms with Crippen molar-refractivity contribution in [1.82, 2.24) is 10.3 Å². The molecule has 1 aliphatic heterocycles. The van der Waals surface area contributed by atoms with Crippen LogP contribution in [0.3, 0.4) is 0 Å². The molecule has 3 N–H and O–H groups in total. The summed E-state index contributed by atoms with van der Waals surface area (Å²) in [4.78, 5) is 6.06. The Bertz CT molecular complexity index is 1170. The van der Waals surface area contributed by atoms with Crippen LogP contribution in [0.4, 0.5) is 27.3 Å². The van der Waals surface area contributed by atoms with Crippen LogP contribution in [-0.4, -0.2) is 39.6 Å². The molecule has 2 heterocycles. The van der Waals surface area contributed by atoms with Crippen LogP contribution in [0.2, 0.25) is 5.02 Å². The first-order valence-electron chi connectivity index (χ1n) is 9.55. The van der Waals surface area contributed by atoms with Crippen LogP contribution >= 0.6 is 22.9 Å².